The van der Waals surface area contributed by atoms with E-state index in [0.717, 1.165) is 27.5 Å². The third kappa shape index (κ3) is 3.49. The molecule has 0 bridgehead atoms. The molecule has 0 spiro atoms. The van der Waals surface area contributed by atoms with E-state index in [-0.39, 0.29) is 28.6 Å². The van der Waals surface area contributed by atoms with Gasteiger partial charge >= 0.3 is 0 Å². The number of hydrogen-bond acceptors (Lipinski definition) is 3. The average molecular weight is 479 g/mol. The number of aromatic nitrogens is 2. The van der Waals surface area contributed by atoms with Gasteiger partial charge in [0.05, 0.1) is 11.4 Å². The Morgan fingerprint density at radius 3 is 2.13 bits per heavy atom. The Morgan fingerprint density at radius 2 is 1.47 bits per heavy atom. The van der Waals surface area contributed by atoms with Crippen molar-refractivity contribution in [3.05, 3.63) is 107 Å². The molecule has 0 N–H and O–H groups in total. The van der Waals surface area contributed by atoms with Crippen LogP contribution in [0.15, 0.2) is 90.3 Å². The van der Waals surface area contributed by atoms with Gasteiger partial charge in [-0.1, -0.05) is 60.7 Å². The van der Waals surface area contributed by atoms with E-state index >= 15 is 0 Å². The van der Waals surface area contributed by atoms with Gasteiger partial charge in [0.15, 0.2) is 4.96 Å². The molecular formula is C24H16BrFN2OS. The summed E-state index contributed by atoms with van der Waals surface area (Å²) in [4.78, 5) is 18.7. The van der Waals surface area contributed by atoms with Crippen molar-refractivity contribution in [2.24, 2.45) is 0 Å². The number of thiazole rings is 1. The molecule has 0 atom stereocenters. The van der Waals surface area contributed by atoms with Crippen LogP contribution in [0.4, 0.5) is 4.39 Å². The number of carbonyl (C=O) groups is 1. The van der Waals surface area contributed by atoms with Crippen LogP contribution >= 0.6 is 28.3 Å². The van der Waals surface area contributed by atoms with Gasteiger partial charge in [-0.25, -0.2) is 9.37 Å². The van der Waals surface area contributed by atoms with Crippen molar-refractivity contribution in [2.45, 2.75) is 0 Å². The van der Waals surface area contributed by atoms with Gasteiger partial charge in [-0.3, -0.25) is 9.20 Å². The van der Waals surface area contributed by atoms with Gasteiger partial charge in [0.1, 0.15) is 11.5 Å². The van der Waals surface area contributed by atoms with E-state index in [9.17, 15) is 9.18 Å². The van der Waals surface area contributed by atoms with E-state index in [0.29, 0.717) is 11.3 Å². The summed E-state index contributed by atoms with van der Waals surface area (Å²) in [5.74, 6) is -0.403. The first kappa shape index (κ1) is 20.2. The van der Waals surface area contributed by atoms with Gasteiger partial charge in [0.2, 0.25) is 5.78 Å². The van der Waals surface area contributed by atoms with Crippen LogP contribution in [-0.4, -0.2) is 15.2 Å². The molecule has 0 aliphatic heterocycles. The second-order valence-electron chi connectivity index (χ2n) is 6.62. The summed E-state index contributed by atoms with van der Waals surface area (Å²) in [6.07, 6.45) is 0. The molecule has 0 amide bonds. The van der Waals surface area contributed by atoms with Crippen LogP contribution < -0.4 is 0 Å². The molecule has 5 aromatic rings. The fourth-order valence-corrected chi connectivity index (χ4v) is 4.33. The second kappa shape index (κ2) is 8.34. The zero-order valence-corrected chi connectivity index (χ0v) is 18.2. The van der Waals surface area contributed by atoms with Crippen LogP contribution in [0.25, 0.3) is 27.5 Å². The first-order valence-corrected chi connectivity index (χ1v) is 10.0. The van der Waals surface area contributed by atoms with Crippen LogP contribution in [0.3, 0.4) is 0 Å². The van der Waals surface area contributed by atoms with Gasteiger partial charge in [0.25, 0.3) is 0 Å². The Labute approximate surface area is 187 Å². The minimum atomic E-state index is -0.283. The molecule has 6 heteroatoms. The van der Waals surface area contributed by atoms with E-state index in [1.54, 1.807) is 24.3 Å². The van der Waals surface area contributed by atoms with E-state index in [4.69, 9.17) is 0 Å². The Bertz CT molecular complexity index is 1310. The molecule has 0 saturated carbocycles. The molecule has 0 radical (unpaired) electrons. The lowest BCUT2D eigenvalue weighted by Crippen LogP contribution is -2.04. The van der Waals surface area contributed by atoms with Gasteiger partial charge in [0, 0.05) is 16.5 Å². The van der Waals surface area contributed by atoms with Crippen molar-refractivity contribution in [3.8, 4) is 22.5 Å². The third-order valence-electron chi connectivity index (χ3n) is 4.80. The summed E-state index contributed by atoms with van der Waals surface area (Å²) in [6.45, 7) is 0. The van der Waals surface area contributed by atoms with E-state index in [1.165, 1.54) is 23.5 Å². The zero-order valence-electron chi connectivity index (χ0n) is 15.7. The summed E-state index contributed by atoms with van der Waals surface area (Å²) >= 11 is 1.46. The molecule has 3 nitrogen and oxygen atoms in total. The first-order chi connectivity index (χ1) is 14.2. The summed E-state index contributed by atoms with van der Waals surface area (Å²) in [5.41, 5.74) is 4.40. The van der Waals surface area contributed by atoms with Crippen molar-refractivity contribution < 1.29 is 9.18 Å². The number of hydrogen-bond donors (Lipinski definition) is 0. The van der Waals surface area contributed by atoms with Gasteiger partial charge in [-0.15, -0.1) is 28.3 Å². The van der Waals surface area contributed by atoms with E-state index < -0.39 is 0 Å². The highest BCUT2D eigenvalue weighted by atomic mass is 79.9. The number of ketones is 1. The Balaban J connectivity index is 0.00000218. The Kier molecular flexibility index (Phi) is 5.61. The predicted octanol–water partition coefficient (Wildman–Crippen LogP) is 6.68. The summed E-state index contributed by atoms with van der Waals surface area (Å²) < 4.78 is 15.4. The van der Waals surface area contributed by atoms with Gasteiger partial charge in [-0.05, 0) is 29.8 Å². The summed E-state index contributed by atoms with van der Waals surface area (Å²) in [5, 5.41) is 1.98. The highest BCUT2D eigenvalue weighted by Gasteiger charge is 2.24. The van der Waals surface area contributed by atoms with Crippen molar-refractivity contribution in [3.63, 3.8) is 0 Å². The SMILES string of the molecule is Br.O=C(c1ccccc1)c1nc2scc(-c3ccc(F)cc3)n2c1-c1ccccc1. The van der Waals surface area contributed by atoms with Crippen LogP contribution in [0.5, 0.6) is 0 Å². The zero-order chi connectivity index (χ0) is 19.8. The molecule has 148 valence electrons. The van der Waals surface area contributed by atoms with Crippen molar-refractivity contribution in [2.75, 3.05) is 0 Å². The Hall–Kier alpha value is -3.09. The maximum absolute atomic E-state index is 13.4. The number of benzene rings is 3. The number of carbonyl (C=O) groups excluding carboxylic acids is 1. The molecule has 2 aromatic heterocycles. The fraction of sp³-hybridized carbons (Fsp3) is 0. The lowest BCUT2D eigenvalue weighted by Gasteiger charge is -2.08. The summed E-state index contributed by atoms with van der Waals surface area (Å²) in [7, 11) is 0. The van der Waals surface area contributed by atoms with E-state index in [1.807, 2.05) is 58.3 Å². The predicted molar refractivity (Wildman–Crippen MR) is 124 cm³/mol. The third-order valence-corrected chi connectivity index (χ3v) is 5.63. The molecule has 0 fully saturated rings. The van der Waals surface area contributed by atoms with Crippen LogP contribution in [0.2, 0.25) is 0 Å². The van der Waals surface area contributed by atoms with Crippen molar-refractivity contribution >= 4 is 39.1 Å². The lowest BCUT2D eigenvalue weighted by atomic mass is 10.0. The normalized spacial score (nSPS) is 10.7. The first-order valence-electron chi connectivity index (χ1n) is 9.13. The topological polar surface area (TPSA) is 34.4 Å². The molecule has 5 rings (SSSR count). The minimum Gasteiger partial charge on any atom is -0.287 e. The number of nitrogens with zero attached hydrogens (tertiary/aromatic N) is 2. The average Bonchev–Trinajstić information content (AvgIpc) is 3.34. The maximum Gasteiger partial charge on any atom is 0.213 e. The molecule has 0 saturated heterocycles. The highest BCUT2D eigenvalue weighted by Crippen LogP contribution is 2.35. The second-order valence-corrected chi connectivity index (χ2v) is 7.45. The molecule has 30 heavy (non-hydrogen) atoms. The smallest absolute Gasteiger partial charge is 0.213 e. The van der Waals surface area contributed by atoms with Gasteiger partial charge < -0.3 is 0 Å². The summed E-state index contributed by atoms with van der Waals surface area (Å²) in [6, 6.07) is 25.3. The van der Waals surface area contributed by atoms with Crippen molar-refractivity contribution in [1.29, 1.82) is 0 Å². The number of imidazole rings is 1. The van der Waals surface area contributed by atoms with Crippen LogP contribution in [0.1, 0.15) is 16.1 Å². The Morgan fingerprint density at radius 1 is 0.833 bits per heavy atom. The molecular weight excluding hydrogens is 463 g/mol. The quantitative estimate of drug-likeness (QED) is 0.270. The number of halogens is 2. The largest absolute Gasteiger partial charge is 0.287 e. The van der Waals surface area contributed by atoms with Crippen LogP contribution in [0, 0.1) is 5.82 Å². The minimum absolute atomic E-state index is 0. The lowest BCUT2D eigenvalue weighted by molar-refractivity contribution is 0.103. The maximum atomic E-state index is 13.4. The molecule has 0 aliphatic carbocycles. The number of fused-ring (bicyclic) bond motifs is 1. The van der Waals surface area contributed by atoms with Gasteiger partial charge in [-0.2, -0.15) is 0 Å². The number of rotatable bonds is 4. The molecule has 0 unspecified atom stereocenters. The highest BCUT2D eigenvalue weighted by molar-refractivity contribution is 8.93. The van der Waals surface area contributed by atoms with E-state index in [2.05, 4.69) is 4.98 Å². The standard InChI is InChI=1S/C24H15FN2OS.BrH/c25-19-13-11-16(12-14-19)20-15-29-24-26-21(23(28)18-9-5-2-6-10-18)22(27(20)24)17-7-3-1-4-8-17;/h1-15H;1H. The molecule has 0 aliphatic rings. The van der Waals surface area contributed by atoms with Crippen LogP contribution in [-0.2, 0) is 0 Å². The monoisotopic (exact) mass is 478 g/mol. The molecule has 2 heterocycles. The fourth-order valence-electron chi connectivity index (χ4n) is 3.43. The molecule has 3 aromatic carbocycles. The van der Waals surface area contributed by atoms with Crippen molar-refractivity contribution in [1.82, 2.24) is 9.38 Å².